The number of carbonyl (C=O) groups is 1. The summed E-state index contributed by atoms with van der Waals surface area (Å²) >= 11 is 12.1. The first-order chi connectivity index (χ1) is 13.0. The summed E-state index contributed by atoms with van der Waals surface area (Å²) in [6.45, 7) is 5.98. The van der Waals surface area contributed by atoms with E-state index in [9.17, 15) is 4.79 Å². The van der Waals surface area contributed by atoms with Gasteiger partial charge in [0.05, 0.1) is 10.0 Å². The second-order valence-electron chi connectivity index (χ2n) is 7.09. The first-order valence-electron chi connectivity index (χ1n) is 9.04. The number of fused-ring (bicyclic) bond motifs is 1. The van der Waals surface area contributed by atoms with Crippen LogP contribution < -0.4 is 0 Å². The lowest BCUT2D eigenvalue weighted by Crippen LogP contribution is -2.48. The zero-order valence-electron chi connectivity index (χ0n) is 15.1. The van der Waals surface area contributed by atoms with E-state index < -0.39 is 0 Å². The first-order valence-corrected chi connectivity index (χ1v) is 9.80. The highest BCUT2D eigenvalue weighted by molar-refractivity contribution is 6.42. The normalized spacial score (nSPS) is 15.4. The lowest BCUT2D eigenvalue weighted by atomic mass is 10.2. The van der Waals surface area contributed by atoms with Crippen LogP contribution in [0.5, 0.6) is 0 Å². The average molecular weight is 402 g/mol. The van der Waals surface area contributed by atoms with Crippen molar-refractivity contribution in [1.29, 1.82) is 0 Å². The van der Waals surface area contributed by atoms with E-state index in [4.69, 9.17) is 23.2 Å². The summed E-state index contributed by atoms with van der Waals surface area (Å²) < 4.78 is 0. The van der Waals surface area contributed by atoms with Crippen LogP contribution in [0, 0.1) is 6.92 Å². The molecule has 1 saturated heterocycles. The van der Waals surface area contributed by atoms with Crippen molar-refractivity contribution in [2.75, 3.05) is 26.2 Å². The van der Waals surface area contributed by atoms with Gasteiger partial charge in [0.2, 0.25) is 0 Å². The van der Waals surface area contributed by atoms with Crippen LogP contribution in [0.3, 0.4) is 0 Å². The predicted molar refractivity (Wildman–Crippen MR) is 111 cm³/mol. The minimum Gasteiger partial charge on any atom is -0.351 e. The second-order valence-corrected chi connectivity index (χ2v) is 7.90. The van der Waals surface area contributed by atoms with Gasteiger partial charge in [-0.15, -0.1) is 0 Å². The molecule has 0 bridgehead atoms. The Morgan fingerprint density at radius 2 is 1.78 bits per heavy atom. The van der Waals surface area contributed by atoms with E-state index in [1.54, 1.807) is 0 Å². The Morgan fingerprint density at radius 1 is 1.00 bits per heavy atom. The van der Waals surface area contributed by atoms with Crippen molar-refractivity contribution < 1.29 is 4.79 Å². The van der Waals surface area contributed by atoms with Crippen molar-refractivity contribution in [3.63, 3.8) is 0 Å². The molecular formula is C21H21Cl2N3O. The molecule has 3 aromatic rings. The molecule has 4 nitrogen and oxygen atoms in total. The predicted octanol–water partition coefficient (Wildman–Crippen LogP) is 4.74. The number of nitrogens with zero attached hydrogens (tertiary/aromatic N) is 2. The Hall–Kier alpha value is -2.01. The fraction of sp³-hybridized carbons (Fsp3) is 0.286. The maximum Gasteiger partial charge on any atom is 0.270 e. The van der Waals surface area contributed by atoms with Crippen molar-refractivity contribution in [3.8, 4) is 0 Å². The third-order valence-corrected chi connectivity index (χ3v) is 5.80. The van der Waals surface area contributed by atoms with Crippen LogP contribution >= 0.6 is 23.2 Å². The third kappa shape index (κ3) is 3.98. The van der Waals surface area contributed by atoms with Crippen molar-refractivity contribution in [1.82, 2.24) is 14.8 Å². The van der Waals surface area contributed by atoms with Gasteiger partial charge in [0.15, 0.2) is 0 Å². The molecule has 1 aromatic heterocycles. The molecule has 27 heavy (non-hydrogen) atoms. The van der Waals surface area contributed by atoms with Crippen LogP contribution in [0.1, 0.15) is 21.6 Å². The Bertz CT molecular complexity index is 990. The highest BCUT2D eigenvalue weighted by Gasteiger charge is 2.23. The number of benzene rings is 2. The molecule has 1 N–H and O–H groups in total. The number of aromatic nitrogens is 1. The van der Waals surface area contributed by atoms with Crippen molar-refractivity contribution in [2.45, 2.75) is 13.5 Å². The van der Waals surface area contributed by atoms with E-state index >= 15 is 0 Å². The van der Waals surface area contributed by atoms with Gasteiger partial charge in [-0.3, -0.25) is 9.69 Å². The largest absolute Gasteiger partial charge is 0.351 e. The van der Waals surface area contributed by atoms with E-state index in [-0.39, 0.29) is 5.91 Å². The molecule has 1 aliphatic heterocycles. The van der Waals surface area contributed by atoms with Gasteiger partial charge in [-0.05, 0) is 42.8 Å². The van der Waals surface area contributed by atoms with Gasteiger partial charge in [0.1, 0.15) is 5.69 Å². The minimum absolute atomic E-state index is 0.0676. The highest BCUT2D eigenvalue weighted by Crippen LogP contribution is 2.24. The molecule has 6 heteroatoms. The number of aromatic amines is 1. The first kappa shape index (κ1) is 18.4. The number of H-pyrrole nitrogens is 1. The minimum atomic E-state index is 0.0676. The summed E-state index contributed by atoms with van der Waals surface area (Å²) in [6.07, 6.45) is 0. The van der Waals surface area contributed by atoms with Gasteiger partial charge in [0.25, 0.3) is 5.91 Å². The molecule has 4 rings (SSSR count). The smallest absolute Gasteiger partial charge is 0.270 e. The molecule has 0 saturated carbocycles. The Labute approximate surface area is 168 Å². The van der Waals surface area contributed by atoms with E-state index in [0.717, 1.165) is 36.1 Å². The molecule has 1 amide bonds. The van der Waals surface area contributed by atoms with Gasteiger partial charge >= 0.3 is 0 Å². The molecule has 2 aromatic carbocycles. The number of carbonyl (C=O) groups excluding carboxylic acids is 1. The van der Waals surface area contributed by atoms with Crippen LogP contribution in [0.15, 0.2) is 42.5 Å². The molecule has 2 heterocycles. The molecule has 0 atom stereocenters. The zero-order valence-corrected chi connectivity index (χ0v) is 16.6. The summed E-state index contributed by atoms with van der Waals surface area (Å²) in [4.78, 5) is 20.3. The SMILES string of the molecule is Cc1ccc2[nH]c(C(=O)N3CCN(Cc4ccc(Cl)c(Cl)c4)CC3)cc2c1. The van der Waals surface area contributed by atoms with Crippen LogP contribution in [0.25, 0.3) is 10.9 Å². The number of nitrogens with one attached hydrogen (secondary N) is 1. The lowest BCUT2D eigenvalue weighted by Gasteiger charge is -2.34. The average Bonchev–Trinajstić information content (AvgIpc) is 3.08. The third-order valence-electron chi connectivity index (χ3n) is 5.06. The lowest BCUT2D eigenvalue weighted by molar-refractivity contribution is 0.0623. The Kier molecular flexibility index (Phi) is 5.13. The second kappa shape index (κ2) is 7.55. The number of aryl methyl sites for hydroxylation is 1. The van der Waals surface area contributed by atoms with E-state index in [1.807, 2.05) is 35.2 Å². The van der Waals surface area contributed by atoms with Crippen molar-refractivity contribution >= 4 is 40.0 Å². The van der Waals surface area contributed by atoms with Crippen LogP contribution in [0.4, 0.5) is 0 Å². The topological polar surface area (TPSA) is 39.3 Å². The highest BCUT2D eigenvalue weighted by atomic mass is 35.5. The van der Waals surface area contributed by atoms with Crippen molar-refractivity contribution in [2.24, 2.45) is 0 Å². The van der Waals surface area contributed by atoms with Crippen molar-refractivity contribution in [3.05, 3.63) is 69.3 Å². The molecule has 0 aliphatic carbocycles. The summed E-state index contributed by atoms with van der Waals surface area (Å²) in [5, 5.41) is 2.23. The number of amides is 1. The standard InChI is InChI=1S/C21H21Cl2N3O/c1-14-2-5-19-16(10-14)12-20(24-19)21(27)26-8-6-25(7-9-26)13-15-3-4-17(22)18(23)11-15/h2-5,10-12,24H,6-9,13H2,1H3. The summed E-state index contributed by atoms with van der Waals surface area (Å²) in [7, 11) is 0. The maximum atomic E-state index is 12.8. The fourth-order valence-electron chi connectivity index (χ4n) is 3.54. The quantitative estimate of drug-likeness (QED) is 0.687. The van der Waals surface area contributed by atoms with Crippen LogP contribution in [0.2, 0.25) is 10.0 Å². The number of hydrogen-bond donors (Lipinski definition) is 1. The van der Waals surface area contributed by atoms with Gasteiger partial charge in [-0.1, -0.05) is 40.9 Å². The summed E-state index contributed by atoms with van der Waals surface area (Å²) in [6, 6.07) is 13.9. The zero-order chi connectivity index (χ0) is 19.0. The summed E-state index contributed by atoms with van der Waals surface area (Å²) in [5.41, 5.74) is 3.99. The van der Waals surface area contributed by atoms with E-state index in [1.165, 1.54) is 5.56 Å². The molecule has 0 spiro atoms. The molecule has 1 fully saturated rings. The number of hydrogen-bond acceptors (Lipinski definition) is 2. The number of piperazine rings is 1. The van der Waals surface area contributed by atoms with Gasteiger partial charge < -0.3 is 9.88 Å². The number of halogens is 2. The Balaban J connectivity index is 1.39. The van der Waals surface area contributed by atoms with E-state index in [2.05, 4.69) is 28.9 Å². The Morgan fingerprint density at radius 3 is 2.52 bits per heavy atom. The maximum absolute atomic E-state index is 12.8. The molecule has 0 radical (unpaired) electrons. The molecular weight excluding hydrogens is 381 g/mol. The molecule has 0 unspecified atom stereocenters. The molecule has 140 valence electrons. The van der Waals surface area contributed by atoms with E-state index in [0.29, 0.717) is 28.8 Å². The molecule has 1 aliphatic rings. The summed E-state index contributed by atoms with van der Waals surface area (Å²) in [5.74, 6) is 0.0676. The fourth-order valence-corrected chi connectivity index (χ4v) is 3.86. The van der Waals surface area contributed by atoms with Crippen LogP contribution in [-0.4, -0.2) is 46.9 Å². The van der Waals surface area contributed by atoms with Gasteiger partial charge in [-0.25, -0.2) is 0 Å². The van der Waals surface area contributed by atoms with Gasteiger partial charge in [-0.2, -0.15) is 0 Å². The van der Waals surface area contributed by atoms with Gasteiger partial charge in [0, 0.05) is 43.6 Å². The van der Waals surface area contributed by atoms with Crippen LogP contribution in [-0.2, 0) is 6.54 Å². The number of rotatable bonds is 3. The monoisotopic (exact) mass is 401 g/mol.